The summed E-state index contributed by atoms with van der Waals surface area (Å²) in [6, 6.07) is 13.7. The van der Waals surface area contributed by atoms with Crippen molar-refractivity contribution in [3.8, 4) is 11.5 Å². The molecule has 1 heterocycles. The maximum atomic E-state index is 12.7. The molecule has 2 aromatic carbocycles. The Bertz CT molecular complexity index is 855. The molecule has 3 rings (SSSR count). The van der Waals surface area contributed by atoms with Crippen LogP contribution in [0.3, 0.4) is 0 Å². The summed E-state index contributed by atoms with van der Waals surface area (Å²) in [5.41, 5.74) is 2.89. The van der Waals surface area contributed by atoms with Gasteiger partial charge in [-0.1, -0.05) is 31.2 Å². The summed E-state index contributed by atoms with van der Waals surface area (Å²) in [6.45, 7) is 11.3. The quantitative estimate of drug-likeness (QED) is 0.622. The summed E-state index contributed by atoms with van der Waals surface area (Å²) in [6.07, 6.45) is 1.19. The van der Waals surface area contributed by atoms with Gasteiger partial charge in [-0.3, -0.25) is 9.69 Å². The fourth-order valence-electron chi connectivity index (χ4n) is 3.66. The molecule has 0 spiro atoms. The molecule has 6 nitrogen and oxygen atoms in total. The van der Waals surface area contributed by atoms with Gasteiger partial charge in [0.15, 0.2) is 11.5 Å². The highest BCUT2D eigenvalue weighted by molar-refractivity contribution is 5.94. The van der Waals surface area contributed by atoms with Crippen molar-refractivity contribution in [1.29, 1.82) is 0 Å². The lowest BCUT2D eigenvalue weighted by Gasteiger charge is -2.31. The first-order valence-electron chi connectivity index (χ1n) is 11.2. The molecule has 0 aromatic heterocycles. The van der Waals surface area contributed by atoms with E-state index in [9.17, 15) is 4.79 Å². The van der Waals surface area contributed by atoms with Gasteiger partial charge >= 0.3 is 0 Å². The number of hydrogen-bond donors (Lipinski definition) is 1. The molecular formula is C25H34N2O4. The molecule has 1 aliphatic heterocycles. The maximum absolute atomic E-state index is 12.7. The van der Waals surface area contributed by atoms with Gasteiger partial charge in [-0.15, -0.1) is 0 Å². The second-order valence-corrected chi connectivity index (χ2v) is 7.86. The number of rotatable bonds is 10. The number of hydrogen-bond acceptors (Lipinski definition) is 5. The highest BCUT2D eigenvalue weighted by Crippen LogP contribution is 2.28. The monoisotopic (exact) mass is 426 g/mol. The summed E-state index contributed by atoms with van der Waals surface area (Å²) < 4.78 is 17.0. The third-order valence-corrected chi connectivity index (χ3v) is 5.14. The first kappa shape index (κ1) is 23.1. The predicted molar refractivity (Wildman–Crippen MR) is 122 cm³/mol. The lowest BCUT2D eigenvalue weighted by Crippen LogP contribution is -2.40. The zero-order chi connectivity index (χ0) is 22.1. The first-order chi connectivity index (χ1) is 15.1. The van der Waals surface area contributed by atoms with E-state index in [1.807, 2.05) is 19.1 Å². The molecule has 1 saturated heterocycles. The average Bonchev–Trinajstić information content (AvgIpc) is 2.77. The van der Waals surface area contributed by atoms with Gasteiger partial charge in [-0.2, -0.15) is 0 Å². The molecule has 1 atom stereocenters. The molecule has 1 fully saturated rings. The van der Waals surface area contributed by atoms with Crippen molar-refractivity contribution in [1.82, 2.24) is 10.2 Å². The number of ether oxygens (including phenoxy) is 3. The van der Waals surface area contributed by atoms with Crippen molar-refractivity contribution in [3.63, 3.8) is 0 Å². The Morgan fingerprint density at radius 1 is 1.13 bits per heavy atom. The van der Waals surface area contributed by atoms with E-state index in [0.29, 0.717) is 36.8 Å². The van der Waals surface area contributed by atoms with Gasteiger partial charge in [-0.05, 0) is 49.6 Å². The standard InChI is InChI=1S/C25H34N2O4/c1-4-12-31-23-10-9-22(15-24(23)29-5-2)25(28)26-16-20-7-6-8-21(14-20)18-27-11-13-30-19(3)17-27/h6-10,14-15,19H,4-5,11-13,16-18H2,1-3H3,(H,26,28). The van der Waals surface area contributed by atoms with E-state index in [4.69, 9.17) is 14.2 Å². The SMILES string of the molecule is CCCOc1ccc(C(=O)NCc2cccc(CN3CCOC(C)C3)c2)cc1OCC. The Morgan fingerprint density at radius 3 is 2.74 bits per heavy atom. The van der Waals surface area contributed by atoms with Gasteiger partial charge in [0.25, 0.3) is 5.91 Å². The van der Waals surface area contributed by atoms with Gasteiger partial charge < -0.3 is 19.5 Å². The molecule has 1 aliphatic rings. The minimum absolute atomic E-state index is 0.129. The smallest absolute Gasteiger partial charge is 0.251 e. The lowest BCUT2D eigenvalue weighted by atomic mass is 10.1. The van der Waals surface area contributed by atoms with Crippen LogP contribution in [0.4, 0.5) is 0 Å². The number of carbonyl (C=O) groups is 1. The maximum Gasteiger partial charge on any atom is 0.251 e. The summed E-state index contributed by atoms with van der Waals surface area (Å²) >= 11 is 0. The van der Waals surface area contributed by atoms with Crippen molar-refractivity contribution in [2.75, 3.05) is 32.9 Å². The molecule has 1 amide bonds. The molecule has 0 radical (unpaired) electrons. The van der Waals surface area contributed by atoms with Gasteiger partial charge in [0.2, 0.25) is 0 Å². The van der Waals surface area contributed by atoms with Crippen LogP contribution >= 0.6 is 0 Å². The van der Waals surface area contributed by atoms with Crippen LogP contribution in [0.15, 0.2) is 42.5 Å². The first-order valence-corrected chi connectivity index (χ1v) is 11.2. The van der Waals surface area contributed by atoms with E-state index >= 15 is 0 Å². The largest absolute Gasteiger partial charge is 0.490 e. The summed E-state index contributed by atoms with van der Waals surface area (Å²) in [5, 5.41) is 3.02. The summed E-state index contributed by atoms with van der Waals surface area (Å²) in [5.74, 6) is 1.14. The summed E-state index contributed by atoms with van der Waals surface area (Å²) in [7, 11) is 0. The number of nitrogens with zero attached hydrogens (tertiary/aromatic N) is 1. The predicted octanol–water partition coefficient (Wildman–Crippen LogP) is 4.02. The van der Waals surface area contributed by atoms with Crippen LogP contribution in [0, 0.1) is 0 Å². The molecule has 2 aromatic rings. The highest BCUT2D eigenvalue weighted by atomic mass is 16.5. The highest BCUT2D eigenvalue weighted by Gasteiger charge is 2.17. The van der Waals surface area contributed by atoms with Crippen LogP contribution < -0.4 is 14.8 Å². The van der Waals surface area contributed by atoms with Crippen LogP contribution in [-0.2, 0) is 17.8 Å². The molecule has 168 valence electrons. The van der Waals surface area contributed by atoms with Crippen LogP contribution in [0.5, 0.6) is 11.5 Å². The number of carbonyl (C=O) groups excluding carboxylic acids is 1. The van der Waals surface area contributed by atoms with Crippen molar-refractivity contribution in [2.24, 2.45) is 0 Å². The molecule has 6 heteroatoms. The Kier molecular flexibility index (Phi) is 8.74. The lowest BCUT2D eigenvalue weighted by molar-refractivity contribution is -0.0212. The fraction of sp³-hybridized carbons (Fsp3) is 0.480. The average molecular weight is 427 g/mol. The van der Waals surface area contributed by atoms with Gasteiger partial charge in [-0.25, -0.2) is 0 Å². The molecule has 0 saturated carbocycles. The normalized spacial score (nSPS) is 16.7. The number of morpholine rings is 1. The van der Waals surface area contributed by atoms with Gasteiger partial charge in [0.1, 0.15) is 0 Å². The molecule has 1 unspecified atom stereocenters. The Labute approximate surface area is 185 Å². The number of amides is 1. The Hall–Kier alpha value is -2.57. The second kappa shape index (κ2) is 11.7. The summed E-state index contributed by atoms with van der Waals surface area (Å²) in [4.78, 5) is 15.1. The molecule has 0 aliphatic carbocycles. The van der Waals surface area contributed by atoms with Crippen molar-refractivity contribution in [3.05, 3.63) is 59.2 Å². The van der Waals surface area contributed by atoms with Gasteiger partial charge in [0.05, 0.1) is 25.9 Å². The minimum atomic E-state index is -0.129. The Balaban J connectivity index is 1.59. The fourth-order valence-corrected chi connectivity index (χ4v) is 3.66. The zero-order valence-corrected chi connectivity index (χ0v) is 18.9. The van der Waals surface area contributed by atoms with E-state index in [1.165, 1.54) is 5.56 Å². The van der Waals surface area contributed by atoms with E-state index < -0.39 is 0 Å². The van der Waals surface area contributed by atoms with Crippen LogP contribution in [0.1, 0.15) is 48.7 Å². The van der Waals surface area contributed by atoms with Crippen LogP contribution in [0.25, 0.3) is 0 Å². The van der Waals surface area contributed by atoms with E-state index in [2.05, 4.69) is 36.2 Å². The third-order valence-electron chi connectivity index (χ3n) is 5.14. The topological polar surface area (TPSA) is 60.0 Å². The van der Waals surface area contributed by atoms with E-state index in [0.717, 1.165) is 38.2 Å². The zero-order valence-electron chi connectivity index (χ0n) is 18.9. The molecule has 0 bridgehead atoms. The molecule has 1 N–H and O–H groups in total. The third kappa shape index (κ3) is 6.97. The number of nitrogens with one attached hydrogen (secondary N) is 1. The van der Waals surface area contributed by atoms with Crippen molar-refractivity contribution in [2.45, 2.75) is 46.4 Å². The van der Waals surface area contributed by atoms with Crippen molar-refractivity contribution < 1.29 is 19.0 Å². The molecule has 31 heavy (non-hydrogen) atoms. The Morgan fingerprint density at radius 2 is 1.97 bits per heavy atom. The number of benzene rings is 2. The van der Waals surface area contributed by atoms with E-state index in [1.54, 1.807) is 18.2 Å². The van der Waals surface area contributed by atoms with Gasteiger partial charge in [0, 0.05) is 31.7 Å². The van der Waals surface area contributed by atoms with Crippen molar-refractivity contribution >= 4 is 5.91 Å². The van der Waals surface area contributed by atoms with Crippen LogP contribution in [0.2, 0.25) is 0 Å². The minimum Gasteiger partial charge on any atom is -0.490 e. The molecular weight excluding hydrogens is 392 g/mol. The van der Waals surface area contributed by atoms with Crippen LogP contribution in [-0.4, -0.2) is 49.8 Å². The second-order valence-electron chi connectivity index (χ2n) is 7.86. The van der Waals surface area contributed by atoms with E-state index in [-0.39, 0.29) is 12.0 Å².